The normalized spacial score (nSPS) is 44.2. The van der Waals surface area contributed by atoms with Gasteiger partial charge in [0.1, 0.15) is 18.1 Å². The van der Waals surface area contributed by atoms with Gasteiger partial charge in [-0.1, -0.05) is 92.0 Å². The summed E-state index contributed by atoms with van der Waals surface area (Å²) in [5.74, 6) is -6.33. The Kier molecular flexibility index (Phi) is 23.2. The first-order valence-electron chi connectivity index (χ1n) is 21.4. The quantitative estimate of drug-likeness (QED) is 0.167. The molecule has 2 bridgehead atoms. The minimum atomic E-state index is -2.32. The third-order valence-corrected chi connectivity index (χ3v) is 11.1. The maximum absolute atomic E-state index is 12.5. The van der Waals surface area contributed by atoms with E-state index in [1.807, 2.05) is 13.0 Å². The van der Waals surface area contributed by atoms with Crippen molar-refractivity contribution in [2.45, 2.75) is 163 Å². The van der Waals surface area contributed by atoms with E-state index in [0.29, 0.717) is 0 Å². The fourth-order valence-electron chi connectivity index (χ4n) is 7.49. The Labute approximate surface area is 368 Å². The molecule has 63 heavy (non-hydrogen) atoms. The van der Waals surface area contributed by atoms with Gasteiger partial charge in [0.2, 0.25) is 0 Å². The van der Waals surface area contributed by atoms with E-state index in [4.69, 9.17) is 24.7 Å². The van der Waals surface area contributed by atoms with Crippen molar-refractivity contribution in [3.63, 3.8) is 0 Å². The molecule has 0 radical (unpaired) electrons. The minimum Gasteiger partial charge on any atom is -0.481 e. The number of aliphatic hydroxyl groups is 10. The molecule has 3 rings (SSSR count). The van der Waals surface area contributed by atoms with Crippen LogP contribution in [0.25, 0.3) is 0 Å². The van der Waals surface area contributed by atoms with Crippen LogP contribution < -0.4 is 5.73 Å². The average Bonchev–Trinajstić information content (AvgIpc) is 3.18. The molecule has 3 aliphatic heterocycles. The Hall–Kier alpha value is -3.44. The van der Waals surface area contributed by atoms with Gasteiger partial charge in [-0.15, -0.1) is 0 Å². The Morgan fingerprint density at radius 1 is 0.683 bits per heavy atom. The first-order chi connectivity index (χ1) is 29.8. The smallest absolute Gasteiger partial charge is 0.311 e. The van der Waals surface area contributed by atoms with E-state index in [-0.39, 0.29) is 44.6 Å². The number of cyclic esters (lactones) is 1. The highest BCUT2D eigenvalue weighted by atomic mass is 16.7. The van der Waals surface area contributed by atoms with Crippen molar-refractivity contribution in [3.05, 3.63) is 85.1 Å². The van der Waals surface area contributed by atoms with Crippen LogP contribution in [0.5, 0.6) is 0 Å². The second kappa shape index (κ2) is 27.1. The van der Waals surface area contributed by atoms with Crippen molar-refractivity contribution >= 4 is 11.9 Å². The summed E-state index contributed by atoms with van der Waals surface area (Å²) in [6, 6.07) is -1.12. The molecule has 13 N–H and O–H groups in total. The lowest BCUT2D eigenvalue weighted by Gasteiger charge is -2.45. The first-order valence-corrected chi connectivity index (χ1v) is 21.4. The average molecular weight is 896 g/mol. The molecule has 356 valence electrons. The van der Waals surface area contributed by atoms with Gasteiger partial charge in [-0.25, -0.2) is 0 Å². The number of carboxylic acid groups (broad SMARTS) is 1. The van der Waals surface area contributed by atoms with Crippen molar-refractivity contribution in [2.75, 3.05) is 6.61 Å². The molecular formula is C45H69NO17. The van der Waals surface area contributed by atoms with E-state index in [1.165, 1.54) is 6.08 Å². The lowest BCUT2D eigenvalue weighted by atomic mass is 9.82. The van der Waals surface area contributed by atoms with Crippen LogP contribution >= 0.6 is 0 Å². The minimum absolute atomic E-state index is 0.103. The number of carbonyl (C=O) groups excluding carboxylic acids is 1. The molecule has 2 fully saturated rings. The summed E-state index contributed by atoms with van der Waals surface area (Å²) in [6.07, 6.45) is 4.64. The fraction of sp³-hybridized carbons (Fsp3) is 0.644. The third kappa shape index (κ3) is 19.3. The standard InChI is InChI=1S/C45H69NO17/c1-27-15-13-11-9-7-5-3-4-6-8-10-12-14-16-32(62-44-42(56)41(46)37(54)26-60-44)23-38-40(43(57)58)36(53)25-45(59,63-38)24-31(49)21-35(52)33(50)18-17-29(47)20-30(48)22-39(55)61-28(2)19-34(27)51/h3-16,27-38,40-42,44,47-54,56,59H,17-26,46H2,1-2H3,(H,57,58)/b4-3+,7-5+,8-6+,11-9+,12-10+,15-13+,16-14+/t27-,28-,29?,30?,31?,32?,33?,34-,35?,36-,37+,38-,40?,41-,42-,44-,45?/m0/s1. The number of aliphatic hydroxyl groups excluding tert-OH is 9. The number of nitrogens with two attached hydrogens (primary N) is 1. The van der Waals surface area contributed by atoms with E-state index in [0.717, 1.165) is 0 Å². The number of carboxylic acids is 1. The van der Waals surface area contributed by atoms with Crippen LogP contribution in [0.15, 0.2) is 85.1 Å². The van der Waals surface area contributed by atoms with Crippen LogP contribution in [0.2, 0.25) is 0 Å². The van der Waals surface area contributed by atoms with Gasteiger partial charge in [-0.3, -0.25) is 9.59 Å². The van der Waals surface area contributed by atoms with Crippen molar-refractivity contribution in [3.8, 4) is 0 Å². The molecule has 0 aliphatic carbocycles. The maximum atomic E-state index is 12.5. The molecule has 3 heterocycles. The predicted molar refractivity (Wildman–Crippen MR) is 228 cm³/mol. The van der Waals surface area contributed by atoms with E-state index < -0.39 is 135 Å². The predicted octanol–water partition coefficient (Wildman–Crippen LogP) is 0.0772. The lowest BCUT2D eigenvalue weighted by molar-refractivity contribution is -0.305. The molecule has 17 atom stereocenters. The Morgan fingerprint density at radius 2 is 1.27 bits per heavy atom. The van der Waals surface area contributed by atoms with Crippen LogP contribution in [0, 0.1) is 11.8 Å². The molecule has 0 aromatic rings. The van der Waals surface area contributed by atoms with Gasteiger partial charge < -0.3 is 80.9 Å². The molecule has 0 aromatic heterocycles. The zero-order valence-corrected chi connectivity index (χ0v) is 35.8. The number of allylic oxidation sites excluding steroid dienone is 12. The maximum Gasteiger partial charge on any atom is 0.311 e. The number of carbonyl (C=O) groups is 2. The summed E-state index contributed by atoms with van der Waals surface area (Å²) in [5.41, 5.74) is 5.92. The molecule has 8 unspecified atom stereocenters. The molecular weight excluding hydrogens is 826 g/mol. The molecule has 3 aliphatic rings. The van der Waals surface area contributed by atoms with Crippen molar-refractivity contribution in [1.82, 2.24) is 0 Å². The summed E-state index contributed by atoms with van der Waals surface area (Å²) in [6.45, 7) is 3.18. The molecule has 0 amide bonds. The number of rotatable bonds is 3. The van der Waals surface area contributed by atoms with Gasteiger partial charge >= 0.3 is 11.9 Å². The van der Waals surface area contributed by atoms with Gasteiger partial charge in [0.15, 0.2) is 12.1 Å². The van der Waals surface area contributed by atoms with Gasteiger partial charge in [0, 0.05) is 38.0 Å². The van der Waals surface area contributed by atoms with Crippen LogP contribution in [-0.4, -0.2) is 166 Å². The topological polar surface area (TPSA) is 320 Å². The number of esters is 1. The number of hydrogen-bond acceptors (Lipinski definition) is 17. The van der Waals surface area contributed by atoms with Crippen molar-refractivity contribution < 1.29 is 84.7 Å². The Bertz CT molecular complexity index is 1600. The highest BCUT2D eigenvalue weighted by Crippen LogP contribution is 2.38. The fourth-order valence-corrected chi connectivity index (χ4v) is 7.49. The highest BCUT2D eigenvalue weighted by Gasteiger charge is 2.50. The van der Waals surface area contributed by atoms with Gasteiger partial charge in [0.05, 0.1) is 80.1 Å². The molecule has 0 spiro atoms. The monoisotopic (exact) mass is 895 g/mol. The SMILES string of the molecule is C[C@H]1C[C@H](O)[C@@H](C)/C=C/C=C/C=C/C=C/C=C/C=C/C=C/C(O[C@@H]2OC[C@@H](O)[C@H](N)[C@@H]2O)C[C@@H]2OC(O)(CC(O)CC(O)C(O)CCC(O)CC(O)CC(=O)O1)C[C@H](O)C2C(=O)O. The highest BCUT2D eigenvalue weighted by molar-refractivity contribution is 5.71. The zero-order chi connectivity index (χ0) is 46.7. The number of ether oxygens (including phenoxy) is 4. The first kappa shape index (κ1) is 53.9. The molecule has 18 nitrogen and oxygen atoms in total. The summed E-state index contributed by atoms with van der Waals surface area (Å²) < 4.78 is 22.7. The summed E-state index contributed by atoms with van der Waals surface area (Å²) >= 11 is 0. The van der Waals surface area contributed by atoms with E-state index >= 15 is 0 Å². The number of fused-ring (bicyclic) bond motifs is 2. The zero-order valence-electron chi connectivity index (χ0n) is 35.8. The van der Waals surface area contributed by atoms with Crippen molar-refractivity contribution in [1.29, 1.82) is 0 Å². The Balaban J connectivity index is 1.83. The van der Waals surface area contributed by atoms with Crippen molar-refractivity contribution in [2.24, 2.45) is 17.6 Å². The van der Waals surface area contributed by atoms with Gasteiger partial charge in [-0.05, 0) is 26.2 Å². The molecule has 2 saturated heterocycles. The summed E-state index contributed by atoms with van der Waals surface area (Å²) in [5, 5.41) is 117. The second-order valence-corrected chi connectivity index (χ2v) is 16.7. The summed E-state index contributed by atoms with van der Waals surface area (Å²) in [4.78, 5) is 24.9. The van der Waals surface area contributed by atoms with Crippen LogP contribution in [0.3, 0.4) is 0 Å². The molecule has 0 aromatic carbocycles. The number of hydrogen-bond donors (Lipinski definition) is 12. The summed E-state index contributed by atoms with van der Waals surface area (Å²) in [7, 11) is 0. The molecule has 0 saturated carbocycles. The Morgan fingerprint density at radius 3 is 1.87 bits per heavy atom. The van der Waals surface area contributed by atoms with Crippen LogP contribution in [0.4, 0.5) is 0 Å². The van der Waals surface area contributed by atoms with E-state index in [9.17, 15) is 65.8 Å². The second-order valence-electron chi connectivity index (χ2n) is 16.7. The lowest BCUT2D eigenvalue weighted by Crippen LogP contribution is -2.59. The molecule has 18 heteroatoms. The van der Waals surface area contributed by atoms with Crippen LogP contribution in [-0.2, 0) is 28.5 Å². The largest absolute Gasteiger partial charge is 0.481 e. The van der Waals surface area contributed by atoms with E-state index in [2.05, 4.69) is 0 Å². The van der Waals surface area contributed by atoms with E-state index in [1.54, 1.807) is 79.8 Å². The van der Waals surface area contributed by atoms with Gasteiger partial charge in [0.25, 0.3) is 0 Å². The third-order valence-electron chi connectivity index (χ3n) is 11.1. The number of aliphatic carboxylic acids is 1. The van der Waals surface area contributed by atoms with Gasteiger partial charge in [-0.2, -0.15) is 0 Å². The van der Waals surface area contributed by atoms with Crippen LogP contribution in [0.1, 0.15) is 71.6 Å².